The van der Waals surface area contributed by atoms with Crippen LogP contribution in [-0.4, -0.2) is 14.7 Å². The number of pyridine rings is 1. The molecule has 172 valence electrons. The molecule has 0 amide bonds. The summed E-state index contributed by atoms with van der Waals surface area (Å²) in [7, 11) is 0. The van der Waals surface area contributed by atoms with Crippen molar-refractivity contribution in [2.45, 2.75) is 39.8 Å². The molecule has 5 rings (SSSR count). The molecule has 1 saturated heterocycles. The first kappa shape index (κ1) is 22.3. The smallest absolute Gasteiger partial charge is 0.174 e. The lowest BCUT2D eigenvalue weighted by Crippen LogP contribution is -2.30. The molecule has 1 N–H and O–H groups in total. The predicted octanol–water partition coefficient (Wildman–Crippen LogP) is 6.42. The molecule has 0 spiro atoms. The largest absolute Gasteiger partial charge is 0.351 e. The standard InChI is InChI=1S/C28H27FN4S/c1-17-16-22(13-14-23(17)29)33-27(26(31-28(33)34)24-12-8-9-15-30-24)25-18(2)19(3)32(20(25)4)21-10-6-5-7-11-21/h5-16,26-27H,1-4H3,(H,31,34)/t26-,27-/m0/s1. The van der Waals surface area contributed by atoms with Crippen LogP contribution in [0, 0.1) is 33.5 Å². The Morgan fingerprint density at radius 3 is 2.29 bits per heavy atom. The minimum Gasteiger partial charge on any atom is -0.351 e. The minimum absolute atomic E-state index is 0.143. The van der Waals surface area contributed by atoms with E-state index in [-0.39, 0.29) is 17.9 Å². The maximum absolute atomic E-state index is 14.1. The number of benzene rings is 2. The van der Waals surface area contributed by atoms with E-state index >= 15 is 0 Å². The summed E-state index contributed by atoms with van der Waals surface area (Å²) in [6.07, 6.45) is 1.81. The molecular weight excluding hydrogens is 443 g/mol. The number of aryl methyl sites for hydroxylation is 1. The quantitative estimate of drug-likeness (QED) is 0.349. The van der Waals surface area contributed by atoms with Crippen molar-refractivity contribution in [1.82, 2.24) is 14.9 Å². The van der Waals surface area contributed by atoms with Crippen LogP contribution in [-0.2, 0) is 0 Å². The molecule has 0 bridgehead atoms. The van der Waals surface area contributed by atoms with E-state index in [9.17, 15) is 4.39 Å². The average molecular weight is 471 g/mol. The van der Waals surface area contributed by atoms with Crippen LogP contribution in [0.25, 0.3) is 5.69 Å². The van der Waals surface area contributed by atoms with Crippen LogP contribution in [0.4, 0.5) is 10.1 Å². The van der Waals surface area contributed by atoms with Crippen LogP contribution in [0.5, 0.6) is 0 Å². The Morgan fingerprint density at radius 1 is 0.882 bits per heavy atom. The van der Waals surface area contributed by atoms with Gasteiger partial charge in [-0.1, -0.05) is 24.3 Å². The second-order valence-electron chi connectivity index (χ2n) is 8.81. The van der Waals surface area contributed by atoms with Crippen molar-refractivity contribution in [3.05, 3.63) is 113 Å². The fraction of sp³-hybridized carbons (Fsp3) is 0.214. The number of aromatic nitrogens is 2. The van der Waals surface area contributed by atoms with Crippen LogP contribution in [0.3, 0.4) is 0 Å². The Bertz CT molecular complexity index is 1360. The molecule has 2 atom stereocenters. The van der Waals surface area contributed by atoms with Crippen LogP contribution in [0.1, 0.15) is 45.9 Å². The normalized spacial score (nSPS) is 17.8. The highest BCUT2D eigenvalue weighted by molar-refractivity contribution is 7.80. The van der Waals surface area contributed by atoms with E-state index < -0.39 is 0 Å². The van der Waals surface area contributed by atoms with Gasteiger partial charge in [-0.25, -0.2) is 4.39 Å². The molecule has 1 aliphatic rings. The molecular formula is C28H27FN4S. The highest BCUT2D eigenvalue weighted by Gasteiger charge is 2.43. The van der Waals surface area contributed by atoms with Gasteiger partial charge < -0.3 is 14.8 Å². The topological polar surface area (TPSA) is 33.1 Å². The number of hydrogen-bond donors (Lipinski definition) is 1. The molecule has 3 heterocycles. The van der Waals surface area contributed by atoms with Gasteiger partial charge in [0.05, 0.1) is 17.8 Å². The molecule has 6 heteroatoms. The van der Waals surface area contributed by atoms with Gasteiger partial charge in [-0.15, -0.1) is 0 Å². The van der Waals surface area contributed by atoms with Gasteiger partial charge in [-0.05, 0) is 93.5 Å². The third-order valence-corrected chi connectivity index (χ3v) is 7.15. The van der Waals surface area contributed by atoms with Crippen molar-refractivity contribution in [3.63, 3.8) is 0 Å². The zero-order valence-electron chi connectivity index (χ0n) is 19.7. The van der Waals surface area contributed by atoms with E-state index in [0.717, 1.165) is 22.8 Å². The first-order valence-electron chi connectivity index (χ1n) is 11.4. The fourth-order valence-corrected chi connectivity index (χ4v) is 5.46. The number of nitrogens with zero attached hydrogens (tertiary/aromatic N) is 3. The molecule has 0 aliphatic carbocycles. The summed E-state index contributed by atoms with van der Waals surface area (Å²) in [5.41, 5.74) is 8.25. The summed E-state index contributed by atoms with van der Waals surface area (Å²) in [6, 6.07) is 21.2. The summed E-state index contributed by atoms with van der Waals surface area (Å²) >= 11 is 5.86. The van der Waals surface area contributed by atoms with E-state index in [2.05, 4.69) is 64.8 Å². The monoisotopic (exact) mass is 470 g/mol. The SMILES string of the molecule is Cc1cc(N2C(=S)N[C@@H](c3ccccn3)[C@@H]2c2c(C)c(C)n(-c3ccccc3)c2C)ccc1F. The van der Waals surface area contributed by atoms with Gasteiger partial charge in [-0.3, -0.25) is 4.98 Å². The van der Waals surface area contributed by atoms with Gasteiger partial charge in [0.1, 0.15) is 5.82 Å². The Labute approximate surface area is 205 Å². The van der Waals surface area contributed by atoms with Crippen molar-refractivity contribution >= 4 is 23.0 Å². The molecule has 4 nitrogen and oxygen atoms in total. The van der Waals surface area contributed by atoms with E-state index in [4.69, 9.17) is 12.2 Å². The van der Waals surface area contributed by atoms with Crippen molar-refractivity contribution in [2.75, 3.05) is 4.90 Å². The zero-order chi connectivity index (χ0) is 24.0. The Kier molecular flexibility index (Phi) is 5.70. The lowest BCUT2D eigenvalue weighted by molar-refractivity contribution is 0.563. The summed E-state index contributed by atoms with van der Waals surface area (Å²) in [6.45, 7) is 8.26. The lowest BCUT2D eigenvalue weighted by Gasteiger charge is -2.29. The van der Waals surface area contributed by atoms with Crippen molar-refractivity contribution in [1.29, 1.82) is 0 Å². The van der Waals surface area contributed by atoms with Gasteiger partial charge in [-0.2, -0.15) is 0 Å². The predicted molar refractivity (Wildman–Crippen MR) is 139 cm³/mol. The second kappa shape index (κ2) is 8.69. The van der Waals surface area contributed by atoms with Crippen LogP contribution in [0.15, 0.2) is 72.9 Å². The van der Waals surface area contributed by atoms with E-state index in [0.29, 0.717) is 10.7 Å². The zero-order valence-corrected chi connectivity index (χ0v) is 20.5. The van der Waals surface area contributed by atoms with E-state index in [1.165, 1.54) is 22.9 Å². The highest BCUT2D eigenvalue weighted by atomic mass is 32.1. The maximum Gasteiger partial charge on any atom is 0.174 e. The van der Waals surface area contributed by atoms with Gasteiger partial charge in [0.25, 0.3) is 0 Å². The summed E-state index contributed by atoms with van der Waals surface area (Å²) in [5, 5.41) is 4.12. The minimum atomic E-state index is -0.224. The van der Waals surface area contributed by atoms with Gasteiger partial charge in [0.2, 0.25) is 0 Å². The summed E-state index contributed by atoms with van der Waals surface area (Å²) in [5.74, 6) is -0.224. The number of anilines is 1. The highest BCUT2D eigenvalue weighted by Crippen LogP contribution is 2.45. The molecule has 4 aromatic rings. The van der Waals surface area contributed by atoms with Crippen molar-refractivity contribution in [2.24, 2.45) is 0 Å². The molecule has 2 aromatic heterocycles. The average Bonchev–Trinajstić information content (AvgIpc) is 3.29. The maximum atomic E-state index is 14.1. The lowest BCUT2D eigenvalue weighted by atomic mass is 9.93. The number of rotatable bonds is 4. The Balaban J connectivity index is 1.74. The third kappa shape index (κ3) is 3.59. The Morgan fingerprint density at radius 2 is 1.62 bits per heavy atom. The number of thiocarbonyl (C=S) groups is 1. The number of halogens is 1. The van der Waals surface area contributed by atoms with Gasteiger partial charge >= 0.3 is 0 Å². The first-order chi connectivity index (χ1) is 16.4. The molecule has 34 heavy (non-hydrogen) atoms. The number of hydrogen-bond acceptors (Lipinski definition) is 2. The van der Waals surface area contributed by atoms with E-state index in [1.807, 2.05) is 36.5 Å². The van der Waals surface area contributed by atoms with Crippen LogP contribution >= 0.6 is 12.2 Å². The molecule has 1 aliphatic heterocycles. The first-order valence-corrected chi connectivity index (χ1v) is 11.8. The van der Waals surface area contributed by atoms with Gasteiger partial charge in [0, 0.05) is 34.5 Å². The third-order valence-electron chi connectivity index (χ3n) is 6.84. The molecule has 0 radical (unpaired) electrons. The summed E-state index contributed by atoms with van der Waals surface area (Å²) in [4.78, 5) is 6.78. The molecule has 0 saturated carbocycles. The van der Waals surface area contributed by atoms with Crippen LogP contribution < -0.4 is 10.2 Å². The second-order valence-corrected chi connectivity index (χ2v) is 9.20. The van der Waals surface area contributed by atoms with Crippen LogP contribution in [0.2, 0.25) is 0 Å². The van der Waals surface area contributed by atoms with Gasteiger partial charge in [0.15, 0.2) is 5.11 Å². The molecule has 0 unspecified atom stereocenters. The Hall–Kier alpha value is -3.51. The molecule has 1 fully saturated rings. The number of para-hydroxylation sites is 1. The van der Waals surface area contributed by atoms with Crippen molar-refractivity contribution < 1.29 is 4.39 Å². The molecule has 2 aromatic carbocycles. The summed E-state index contributed by atoms with van der Waals surface area (Å²) < 4.78 is 16.4. The van der Waals surface area contributed by atoms with E-state index in [1.54, 1.807) is 13.0 Å². The van der Waals surface area contributed by atoms with Crippen molar-refractivity contribution in [3.8, 4) is 5.69 Å². The number of nitrogens with one attached hydrogen (secondary N) is 1. The fourth-order valence-electron chi connectivity index (χ4n) is 5.11.